The number of aromatic nitrogens is 2. The molecule has 0 bridgehead atoms. The van der Waals surface area contributed by atoms with Gasteiger partial charge in [0.05, 0.1) is 31.0 Å². The highest BCUT2D eigenvalue weighted by molar-refractivity contribution is 7.54. The van der Waals surface area contributed by atoms with E-state index in [4.69, 9.17) is 32.5 Å². The molecular formula is C26H37Cl2N4O6P. The fraction of sp³-hybridized carbons (Fsp3) is 0.462. The molecule has 4 N–H and O–H groups in total. The van der Waals surface area contributed by atoms with Gasteiger partial charge in [0.15, 0.2) is 5.60 Å². The number of aliphatic carboxylic acids is 1. The number of para-hydroxylation sites is 1. The summed E-state index contributed by atoms with van der Waals surface area (Å²) in [5.41, 5.74) is 1.66. The molecule has 1 aliphatic rings. The van der Waals surface area contributed by atoms with Crippen molar-refractivity contribution in [2.24, 2.45) is 0 Å². The van der Waals surface area contributed by atoms with Crippen molar-refractivity contribution in [2.75, 3.05) is 38.0 Å². The average molecular weight is 603 g/mol. The van der Waals surface area contributed by atoms with Gasteiger partial charge >= 0.3 is 13.6 Å². The van der Waals surface area contributed by atoms with E-state index in [1.54, 1.807) is 18.5 Å². The van der Waals surface area contributed by atoms with E-state index in [1.165, 1.54) is 0 Å². The molecule has 216 valence electrons. The molecule has 2 aromatic carbocycles. The lowest BCUT2D eigenvalue weighted by Gasteiger charge is -2.33. The Morgan fingerprint density at radius 2 is 1.79 bits per heavy atom. The highest BCUT2D eigenvalue weighted by Gasteiger charge is 2.33. The molecule has 13 heteroatoms. The summed E-state index contributed by atoms with van der Waals surface area (Å²) < 4.78 is 26.7. The number of hydrogen-bond donors (Lipinski definition) is 2. The summed E-state index contributed by atoms with van der Waals surface area (Å²) in [6.07, 6.45) is 0.888. The number of rotatable bonds is 11. The number of alkyl halides is 2. The minimum absolute atomic E-state index is 0. The summed E-state index contributed by atoms with van der Waals surface area (Å²) >= 11 is 11.2. The Hall–Kier alpha value is -2.01. The standard InChI is InChI=1S/C19H20N2O3.C7H15Cl2N2O2P.H2O/c1-19(2,18(22)23)24-13-16-15-10-6-7-11-17(15)21(20-16)12-14-8-4-3-5-9-14;8-2-5-11(6-3-9)14(12)10-4-1-7-13-14;/h3-11H,12-13H2,1-2H3,(H,22,23);1-7H2,(H,10,12);1H2. The number of ether oxygens (including phenoxy) is 1. The van der Waals surface area contributed by atoms with Crippen LogP contribution in [0.1, 0.15) is 31.5 Å². The Bertz CT molecular complexity index is 1210. The second-order valence-electron chi connectivity index (χ2n) is 9.16. The van der Waals surface area contributed by atoms with Crippen LogP contribution in [0.4, 0.5) is 0 Å². The van der Waals surface area contributed by atoms with Crippen molar-refractivity contribution in [1.29, 1.82) is 0 Å². The number of halogens is 2. The van der Waals surface area contributed by atoms with Crippen LogP contribution in [-0.2, 0) is 31.8 Å². The number of nitrogens with one attached hydrogen (secondary N) is 1. The number of fused-ring (bicyclic) bond motifs is 1. The van der Waals surface area contributed by atoms with Crippen LogP contribution in [0, 0.1) is 0 Å². The van der Waals surface area contributed by atoms with Gasteiger partial charge in [0.25, 0.3) is 0 Å². The lowest BCUT2D eigenvalue weighted by atomic mass is 10.1. The number of benzene rings is 2. The largest absolute Gasteiger partial charge is 0.479 e. The predicted molar refractivity (Wildman–Crippen MR) is 155 cm³/mol. The minimum Gasteiger partial charge on any atom is -0.479 e. The zero-order valence-corrected chi connectivity index (χ0v) is 24.6. The van der Waals surface area contributed by atoms with Gasteiger partial charge in [0.1, 0.15) is 0 Å². The summed E-state index contributed by atoms with van der Waals surface area (Å²) in [5, 5.41) is 17.7. The summed E-state index contributed by atoms with van der Waals surface area (Å²) in [6, 6.07) is 18.0. The van der Waals surface area contributed by atoms with Crippen LogP contribution in [-0.4, -0.2) is 74.6 Å². The Balaban J connectivity index is 0.000000306. The number of carbonyl (C=O) groups is 1. The SMILES string of the molecule is CC(C)(OCc1nn(Cc2ccccc2)c2ccccc12)C(=O)O.O.O=P1(N(CCCl)CCCl)NCCCO1. The number of nitrogens with zero attached hydrogens (tertiary/aromatic N) is 3. The maximum Gasteiger partial charge on any atom is 0.343 e. The van der Waals surface area contributed by atoms with Crippen LogP contribution in [0.5, 0.6) is 0 Å². The van der Waals surface area contributed by atoms with Gasteiger partial charge in [0, 0.05) is 36.8 Å². The highest BCUT2D eigenvalue weighted by atomic mass is 35.5. The van der Waals surface area contributed by atoms with Crippen molar-refractivity contribution >= 4 is 47.7 Å². The zero-order chi connectivity index (χ0) is 27.6. The second-order valence-corrected chi connectivity index (χ2v) is 12.1. The maximum atomic E-state index is 12.2. The predicted octanol–water partition coefficient (Wildman–Crippen LogP) is 4.52. The zero-order valence-electron chi connectivity index (χ0n) is 22.2. The Morgan fingerprint density at radius 1 is 1.15 bits per heavy atom. The van der Waals surface area contributed by atoms with E-state index < -0.39 is 19.2 Å². The van der Waals surface area contributed by atoms with E-state index >= 15 is 0 Å². The van der Waals surface area contributed by atoms with E-state index in [0.29, 0.717) is 38.0 Å². The van der Waals surface area contributed by atoms with Crippen LogP contribution in [0.15, 0.2) is 54.6 Å². The number of carboxylic acids is 1. The first kappa shape index (κ1) is 33.2. The smallest absolute Gasteiger partial charge is 0.343 e. The van der Waals surface area contributed by atoms with Gasteiger partial charge in [0.2, 0.25) is 0 Å². The molecule has 39 heavy (non-hydrogen) atoms. The normalized spacial score (nSPS) is 17.4. The van der Waals surface area contributed by atoms with Crippen molar-refractivity contribution < 1.29 is 29.2 Å². The molecular weight excluding hydrogens is 566 g/mol. The average Bonchev–Trinajstić information content (AvgIpc) is 3.26. The van der Waals surface area contributed by atoms with Crippen LogP contribution in [0.2, 0.25) is 0 Å². The molecule has 1 aromatic heterocycles. The Morgan fingerprint density at radius 3 is 2.38 bits per heavy atom. The first-order valence-corrected chi connectivity index (χ1v) is 15.1. The highest BCUT2D eigenvalue weighted by Crippen LogP contribution is 2.48. The lowest BCUT2D eigenvalue weighted by molar-refractivity contribution is -0.162. The third-order valence-corrected chi connectivity index (χ3v) is 8.59. The van der Waals surface area contributed by atoms with E-state index in [1.807, 2.05) is 47.1 Å². The summed E-state index contributed by atoms with van der Waals surface area (Å²) in [5.74, 6) is -0.145. The third-order valence-electron chi connectivity index (χ3n) is 5.95. The molecule has 4 rings (SSSR count). The number of carboxylic acid groups (broad SMARTS) is 1. The van der Waals surface area contributed by atoms with Crippen LogP contribution < -0.4 is 5.09 Å². The first-order valence-electron chi connectivity index (χ1n) is 12.4. The molecule has 0 saturated carbocycles. The van der Waals surface area contributed by atoms with Crippen molar-refractivity contribution in [2.45, 2.75) is 39.0 Å². The summed E-state index contributed by atoms with van der Waals surface area (Å²) in [6.45, 7) is 6.20. The molecule has 10 nitrogen and oxygen atoms in total. The fourth-order valence-corrected chi connectivity index (χ4v) is 6.41. The van der Waals surface area contributed by atoms with Crippen molar-refractivity contribution in [3.63, 3.8) is 0 Å². The fourth-order valence-electron chi connectivity index (χ4n) is 3.77. The molecule has 0 spiro atoms. The van der Waals surface area contributed by atoms with E-state index in [-0.39, 0.29) is 12.1 Å². The summed E-state index contributed by atoms with van der Waals surface area (Å²) in [7, 11) is -2.84. The molecule has 0 radical (unpaired) electrons. The van der Waals surface area contributed by atoms with Crippen LogP contribution >= 0.6 is 30.9 Å². The van der Waals surface area contributed by atoms with Crippen molar-refractivity contribution in [1.82, 2.24) is 19.5 Å². The van der Waals surface area contributed by atoms with Crippen molar-refractivity contribution in [3.8, 4) is 0 Å². The molecule has 1 saturated heterocycles. The molecule has 0 aliphatic carbocycles. The minimum atomic E-state index is -2.84. The van der Waals surface area contributed by atoms with Crippen molar-refractivity contribution in [3.05, 3.63) is 65.9 Å². The van der Waals surface area contributed by atoms with E-state index in [0.717, 1.165) is 35.1 Å². The maximum absolute atomic E-state index is 12.2. The van der Waals surface area contributed by atoms with Gasteiger partial charge in [-0.25, -0.2) is 14.6 Å². The molecule has 2 heterocycles. The molecule has 1 atom stereocenters. The van der Waals surface area contributed by atoms with Gasteiger partial charge in [-0.2, -0.15) is 5.10 Å². The first-order chi connectivity index (χ1) is 18.2. The van der Waals surface area contributed by atoms with Gasteiger partial charge in [-0.05, 0) is 31.9 Å². The third kappa shape index (κ3) is 9.27. The Kier molecular flexibility index (Phi) is 13.4. The molecule has 1 fully saturated rings. The number of hydrogen-bond acceptors (Lipinski definition) is 5. The van der Waals surface area contributed by atoms with E-state index in [9.17, 15) is 14.5 Å². The van der Waals surface area contributed by atoms with Gasteiger partial charge < -0.3 is 19.8 Å². The molecule has 1 unspecified atom stereocenters. The molecule has 1 aliphatic heterocycles. The van der Waals surface area contributed by atoms with Gasteiger partial charge in [-0.15, -0.1) is 23.2 Å². The molecule has 0 amide bonds. The van der Waals surface area contributed by atoms with Crippen LogP contribution in [0.3, 0.4) is 0 Å². The Labute approximate surface area is 239 Å². The molecule has 3 aromatic rings. The summed E-state index contributed by atoms with van der Waals surface area (Å²) in [4.78, 5) is 11.2. The lowest BCUT2D eigenvalue weighted by Crippen LogP contribution is -2.35. The topological polar surface area (TPSA) is 137 Å². The monoisotopic (exact) mass is 602 g/mol. The second kappa shape index (κ2) is 15.7. The quantitative estimate of drug-likeness (QED) is 0.241. The van der Waals surface area contributed by atoms with Gasteiger partial charge in [-0.3, -0.25) is 9.25 Å². The van der Waals surface area contributed by atoms with Crippen LogP contribution in [0.25, 0.3) is 10.9 Å². The van der Waals surface area contributed by atoms with Gasteiger partial charge in [-0.1, -0.05) is 48.5 Å². The van der Waals surface area contributed by atoms with E-state index in [2.05, 4.69) is 22.3 Å².